The van der Waals surface area contributed by atoms with Gasteiger partial charge in [0.2, 0.25) is 6.17 Å². The van der Waals surface area contributed by atoms with Crippen LogP contribution < -0.4 is 0 Å². The smallest absolute Gasteiger partial charge is 0.0965 e. The molecule has 1 aliphatic rings. The van der Waals surface area contributed by atoms with Gasteiger partial charge in [0.1, 0.15) is 0 Å². The Morgan fingerprint density at radius 3 is 2.12 bits per heavy atom. The molecule has 0 aromatic heterocycles. The van der Waals surface area contributed by atoms with Gasteiger partial charge in [-0.3, -0.25) is 0 Å². The van der Waals surface area contributed by atoms with Crippen molar-refractivity contribution in [2.75, 3.05) is 0 Å². The molecule has 1 aromatic carbocycles. The molecule has 0 radical (unpaired) electrons. The summed E-state index contributed by atoms with van der Waals surface area (Å²) < 4.78 is 0. The number of benzene rings is 1. The van der Waals surface area contributed by atoms with Gasteiger partial charge in [-0.2, -0.15) is 0 Å². The Morgan fingerprint density at radius 1 is 0.769 bits per heavy atom. The van der Waals surface area contributed by atoms with E-state index in [2.05, 4.69) is 54.2 Å². The van der Waals surface area contributed by atoms with Crippen molar-refractivity contribution in [1.82, 2.24) is 0 Å². The minimum atomic E-state index is 0.503. The van der Waals surface area contributed by atoms with Crippen LogP contribution in [0.2, 0.25) is 0 Å². The molecular weight excluding hydrogens is 316 g/mol. The van der Waals surface area contributed by atoms with Crippen LogP contribution in [0.1, 0.15) is 83.6 Å². The number of rotatable bonds is 14. The van der Waals surface area contributed by atoms with Gasteiger partial charge in [-0.1, -0.05) is 106 Å². The van der Waals surface area contributed by atoms with Crippen molar-refractivity contribution in [2.45, 2.75) is 84.5 Å². The van der Waals surface area contributed by atoms with Gasteiger partial charge in [0.25, 0.3) is 0 Å². The highest BCUT2D eigenvalue weighted by molar-refractivity contribution is 6.18. The molecule has 0 bridgehead atoms. The highest BCUT2D eigenvalue weighted by Gasteiger charge is 2.35. The van der Waals surface area contributed by atoms with Gasteiger partial charge in [-0.05, 0) is 30.7 Å². The van der Waals surface area contributed by atoms with Crippen molar-refractivity contribution in [1.29, 1.82) is 0 Å². The molecule has 0 fully saturated rings. The predicted molar refractivity (Wildman–Crippen MR) is 115 cm³/mol. The van der Waals surface area contributed by atoms with Crippen molar-refractivity contribution in [3.8, 4) is 0 Å². The van der Waals surface area contributed by atoms with Crippen LogP contribution in [-0.2, 0) is 6.42 Å². The fourth-order valence-electron chi connectivity index (χ4n) is 3.99. The average Bonchev–Trinajstić information content (AvgIpc) is 3.20. The maximum Gasteiger partial charge on any atom is 0.244 e. The molecule has 0 saturated carbocycles. The van der Waals surface area contributed by atoms with Gasteiger partial charge >= 0.3 is 0 Å². The first-order chi connectivity index (χ1) is 12.8. The van der Waals surface area contributed by atoms with E-state index in [9.17, 15) is 0 Å². The quantitative estimate of drug-likeness (QED) is 0.253. The van der Waals surface area contributed by atoms with Gasteiger partial charge in [0.05, 0.1) is 5.92 Å². The first-order valence-electron chi connectivity index (χ1n) is 10.8. The van der Waals surface area contributed by atoms with E-state index >= 15 is 0 Å². The average molecular weight is 354 g/mol. The first kappa shape index (κ1) is 20.7. The summed E-state index contributed by atoms with van der Waals surface area (Å²) in [6, 6.07) is 11.0. The second kappa shape index (κ2) is 12.7. The van der Waals surface area contributed by atoms with Crippen molar-refractivity contribution in [2.24, 2.45) is 21.8 Å². The summed E-state index contributed by atoms with van der Waals surface area (Å²) in [5.74, 6) is 1.15. The van der Waals surface area contributed by atoms with Crippen molar-refractivity contribution in [3.05, 3.63) is 42.1 Å². The lowest BCUT2D eigenvalue weighted by atomic mass is 9.78. The molecule has 1 aromatic rings. The summed E-state index contributed by atoms with van der Waals surface area (Å²) in [5, 5.41) is 0. The zero-order valence-electron chi connectivity index (χ0n) is 16.9. The number of aliphatic imine (C=N–C) groups is 2. The maximum atomic E-state index is 4.60. The summed E-state index contributed by atoms with van der Waals surface area (Å²) >= 11 is 0. The van der Waals surface area contributed by atoms with Crippen LogP contribution in [0.25, 0.3) is 0 Å². The molecule has 0 saturated heterocycles. The van der Waals surface area contributed by atoms with Crippen molar-refractivity contribution < 1.29 is 0 Å². The van der Waals surface area contributed by atoms with Crippen LogP contribution in [-0.4, -0.2) is 12.4 Å². The Labute approximate surface area is 161 Å². The van der Waals surface area contributed by atoms with Crippen LogP contribution in [0, 0.1) is 18.0 Å². The molecule has 1 aliphatic heterocycles. The minimum absolute atomic E-state index is 0.503. The molecule has 2 heteroatoms. The van der Waals surface area contributed by atoms with E-state index in [0.29, 0.717) is 11.8 Å². The lowest BCUT2D eigenvalue weighted by Crippen LogP contribution is -2.22. The van der Waals surface area contributed by atoms with E-state index in [-0.39, 0.29) is 0 Å². The van der Waals surface area contributed by atoms with Gasteiger partial charge in [0.15, 0.2) is 12.4 Å². The van der Waals surface area contributed by atoms with Gasteiger partial charge in [-0.15, -0.1) is 0 Å². The first-order valence-corrected chi connectivity index (χ1v) is 10.8. The molecule has 26 heavy (non-hydrogen) atoms. The zero-order chi connectivity index (χ0) is 18.5. The van der Waals surface area contributed by atoms with E-state index in [0.717, 1.165) is 12.6 Å². The van der Waals surface area contributed by atoms with E-state index < -0.39 is 0 Å². The lowest BCUT2D eigenvalue weighted by molar-refractivity contribution is 0.286. The number of unbranched alkanes of at least 4 members (excludes halogenated alkanes) is 6. The summed E-state index contributed by atoms with van der Waals surface area (Å²) in [5.41, 5.74) is 1.45. The van der Waals surface area contributed by atoms with Crippen molar-refractivity contribution >= 4 is 12.4 Å². The summed E-state index contributed by atoms with van der Waals surface area (Å²) in [6.07, 6.45) is 19.1. The monoisotopic (exact) mass is 353 g/mol. The van der Waals surface area contributed by atoms with Gasteiger partial charge in [0, 0.05) is 0 Å². The fraction of sp³-hybridized carbons (Fsp3) is 0.625. The normalized spacial score (nSPS) is 15.5. The Bertz CT molecular complexity index is 508. The predicted octanol–water partition coefficient (Wildman–Crippen LogP) is 7.05. The zero-order valence-corrected chi connectivity index (χ0v) is 16.9. The Morgan fingerprint density at radius 2 is 1.42 bits per heavy atom. The Balaban J connectivity index is 1.97. The second-order valence-electron chi connectivity index (χ2n) is 7.67. The molecule has 1 heterocycles. The molecule has 2 unspecified atom stereocenters. The Kier molecular flexibility index (Phi) is 10.2. The SMILES string of the molecule is CCCCCCCCC([C+]1N=CC=N1)C(CCCC)Cc1ccccc1. The minimum Gasteiger partial charge on any atom is -0.0965 e. The summed E-state index contributed by atoms with van der Waals surface area (Å²) in [4.78, 5) is 9.21. The van der Waals surface area contributed by atoms with Crippen LogP contribution in [0.5, 0.6) is 0 Å². The van der Waals surface area contributed by atoms with E-state index in [1.54, 1.807) is 0 Å². The van der Waals surface area contributed by atoms with Gasteiger partial charge < -0.3 is 0 Å². The second-order valence-corrected chi connectivity index (χ2v) is 7.67. The molecule has 2 atom stereocenters. The summed E-state index contributed by atoms with van der Waals surface area (Å²) in [6.45, 7) is 4.58. The summed E-state index contributed by atoms with van der Waals surface area (Å²) in [7, 11) is 0. The molecule has 2 rings (SSSR count). The highest BCUT2D eigenvalue weighted by Crippen LogP contribution is 2.36. The third-order valence-corrected chi connectivity index (χ3v) is 5.52. The molecule has 2 nitrogen and oxygen atoms in total. The number of nitrogens with zero attached hydrogens (tertiary/aromatic N) is 2. The van der Waals surface area contributed by atoms with Crippen LogP contribution in [0.3, 0.4) is 0 Å². The van der Waals surface area contributed by atoms with Crippen LogP contribution in [0.4, 0.5) is 0 Å². The topological polar surface area (TPSA) is 24.7 Å². The number of hydrogen-bond donors (Lipinski definition) is 0. The van der Waals surface area contributed by atoms with Crippen molar-refractivity contribution in [3.63, 3.8) is 0 Å². The molecule has 0 amide bonds. The fourth-order valence-corrected chi connectivity index (χ4v) is 3.99. The number of hydrogen-bond acceptors (Lipinski definition) is 2. The molecule has 0 N–H and O–H groups in total. The van der Waals surface area contributed by atoms with E-state index in [1.807, 2.05) is 12.4 Å². The van der Waals surface area contributed by atoms with E-state index in [1.165, 1.54) is 69.8 Å². The molecule has 142 valence electrons. The third kappa shape index (κ3) is 7.35. The standard InChI is InChI=1S/C24H37N2/c1-3-5-7-8-9-13-17-23(24-25-18-19-26-24)22(16-6-4-2)20-21-14-11-10-12-15-21/h10-12,14-15,18-19,22-23H,3-9,13,16-17,20H2,1-2H3/q+1. The van der Waals surface area contributed by atoms with Crippen LogP contribution >= 0.6 is 0 Å². The Hall–Kier alpha value is -1.57. The molecule has 0 aliphatic carbocycles. The van der Waals surface area contributed by atoms with E-state index in [4.69, 9.17) is 0 Å². The maximum absolute atomic E-state index is 4.60. The lowest BCUT2D eigenvalue weighted by Gasteiger charge is -2.26. The third-order valence-electron chi connectivity index (χ3n) is 5.52. The highest BCUT2D eigenvalue weighted by atomic mass is 15.0. The van der Waals surface area contributed by atoms with Crippen LogP contribution in [0.15, 0.2) is 40.3 Å². The largest absolute Gasteiger partial charge is 0.244 e. The molecular formula is C24H37N2+. The molecule has 0 spiro atoms. The van der Waals surface area contributed by atoms with Gasteiger partial charge in [-0.25, -0.2) is 0 Å².